The number of carbonyl (C=O) groups is 1. The molecule has 0 aromatic carbocycles. The number of amides is 1. The monoisotopic (exact) mass is 325 g/mol. The van der Waals surface area contributed by atoms with Crippen LogP contribution in [0.3, 0.4) is 0 Å². The summed E-state index contributed by atoms with van der Waals surface area (Å²) in [7, 11) is 1.60. The number of hydrogen-bond acceptors (Lipinski definition) is 5. The molecule has 120 valence electrons. The minimum absolute atomic E-state index is 0.0979. The molecule has 0 unspecified atom stereocenters. The van der Waals surface area contributed by atoms with Gasteiger partial charge in [-0.1, -0.05) is 0 Å². The lowest BCUT2D eigenvalue weighted by molar-refractivity contribution is -0.121. The van der Waals surface area contributed by atoms with E-state index < -0.39 is 5.69 Å². The highest BCUT2D eigenvalue weighted by molar-refractivity contribution is 7.17. The second-order valence-electron chi connectivity index (χ2n) is 4.75. The van der Waals surface area contributed by atoms with Crippen LogP contribution in [0.5, 0.6) is 0 Å². The molecule has 0 atom stereocenters. The molecule has 2 aromatic heterocycles. The molecule has 0 saturated heterocycles. The SMILES string of the molecule is CCn1c(=O)c2sccc2n(CC(=O)NCCCOC)c1=O. The molecule has 0 aliphatic carbocycles. The summed E-state index contributed by atoms with van der Waals surface area (Å²) in [6.07, 6.45) is 0.708. The number of nitrogens with one attached hydrogen (secondary N) is 1. The van der Waals surface area contributed by atoms with E-state index in [0.29, 0.717) is 29.8 Å². The maximum atomic E-state index is 12.4. The number of hydrogen-bond donors (Lipinski definition) is 1. The minimum atomic E-state index is -0.453. The van der Waals surface area contributed by atoms with E-state index in [4.69, 9.17) is 4.74 Å². The Balaban J connectivity index is 2.27. The maximum absolute atomic E-state index is 12.4. The van der Waals surface area contributed by atoms with Gasteiger partial charge in [-0.3, -0.25) is 18.7 Å². The van der Waals surface area contributed by atoms with Gasteiger partial charge in [0.1, 0.15) is 11.2 Å². The van der Waals surface area contributed by atoms with Gasteiger partial charge in [-0.2, -0.15) is 0 Å². The van der Waals surface area contributed by atoms with Crippen molar-refractivity contribution < 1.29 is 9.53 Å². The van der Waals surface area contributed by atoms with Crippen LogP contribution in [0.1, 0.15) is 13.3 Å². The van der Waals surface area contributed by atoms with E-state index in [1.807, 2.05) is 0 Å². The Morgan fingerprint density at radius 2 is 2.14 bits per heavy atom. The lowest BCUT2D eigenvalue weighted by Gasteiger charge is -2.11. The zero-order valence-electron chi connectivity index (χ0n) is 12.6. The van der Waals surface area contributed by atoms with E-state index in [2.05, 4.69) is 5.32 Å². The van der Waals surface area contributed by atoms with Crippen molar-refractivity contribution in [2.24, 2.45) is 0 Å². The number of thiophene rings is 1. The minimum Gasteiger partial charge on any atom is -0.385 e. The summed E-state index contributed by atoms with van der Waals surface area (Å²) < 4.78 is 7.90. The highest BCUT2D eigenvalue weighted by atomic mass is 32.1. The number of carbonyl (C=O) groups excluding carboxylic acids is 1. The standard InChI is InChI=1S/C14H19N3O4S/c1-3-16-13(19)12-10(5-8-22-12)17(14(16)20)9-11(18)15-6-4-7-21-2/h5,8H,3-4,6-7,9H2,1-2H3,(H,15,18). The van der Waals surface area contributed by atoms with Gasteiger partial charge in [0.2, 0.25) is 5.91 Å². The second kappa shape index (κ2) is 7.37. The highest BCUT2D eigenvalue weighted by Crippen LogP contribution is 2.14. The van der Waals surface area contributed by atoms with Crippen LogP contribution in [-0.4, -0.2) is 35.3 Å². The Bertz CT molecular complexity index is 774. The molecular formula is C14H19N3O4S. The van der Waals surface area contributed by atoms with Crippen LogP contribution >= 0.6 is 11.3 Å². The Kier molecular flexibility index (Phi) is 5.51. The third-order valence-corrected chi connectivity index (χ3v) is 4.19. The molecule has 8 heteroatoms. The van der Waals surface area contributed by atoms with Crippen LogP contribution in [0.4, 0.5) is 0 Å². The molecule has 0 bridgehead atoms. The number of nitrogens with zero attached hydrogens (tertiary/aromatic N) is 2. The van der Waals surface area contributed by atoms with Crippen molar-refractivity contribution >= 4 is 27.5 Å². The van der Waals surface area contributed by atoms with Gasteiger partial charge in [0.05, 0.1) is 5.52 Å². The summed E-state index contributed by atoms with van der Waals surface area (Å²) in [5, 5.41) is 4.49. The largest absolute Gasteiger partial charge is 0.385 e. The Morgan fingerprint density at radius 1 is 1.36 bits per heavy atom. The summed E-state index contributed by atoms with van der Waals surface area (Å²) in [5.41, 5.74) is -0.239. The number of aromatic nitrogens is 2. The van der Waals surface area contributed by atoms with Crippen molar-refractivity contribution in [2.75, 3.05) is 20.3 Å². The van der Waals surface area contributed by atoms with Crippen LogP contribution in [0, 0.1) is 0 Å². The van der Waals surface area contributed by atoms with Crippen molar-refractivity contribution in [2.45, 2.75) is 26.4 Å². The fourth-order valence-corrected chi connectivity index (χ4v) is 3.05. The fourth-order valence-electron chi connectivity index (χ4n) is 2.21. The Labute approximate surface area is 131 Å². The molecule has 7 nitrogen and oxygen atoms in total. The van der Waals surface area contributed by atoms with Crippen molar-refractivity contribution in [1.82, 2.24) is 14.5 Å². The zero-order chi connectivity index (χ0) is 16.1. The van der Waals surface area contributed by atoms with Gasteiger partial charge >= 0.3 is 5.69 Å². The van der Waals surface area contributed by atoms with E-state index in [9.17, 15) is 14.4 Å². The van der Waals surface area contributed by atoms with Crippen LogP contribution in [0.2, 0.25) is 0 Å². The average molecular weight is 325 g/mol. The summed E-state index contributed by atoms with van der Waals surface area (Å²) in [6, 6.07) is 1.70. The van der Waals surface area contributed by atoms with Gasteiger partial charge in [-0.25, -0.2) is 4.79 Å². The van der Waals surface area contributed by atoms with E-state index in [0.717, 1.165) is 4.57 Å². The van der Waals surface area contributed by atoms with Gasteiger partial charge < -0.3 is 10.1 Å². The molecule has 0 spiro atoms. The highest BCUT2D eigenvalue weighted by Gasteiger charge is 2.15. The summed E-state index contributed by atoms with van der Waals surface area (Å²) in [4.78, 5) is 36.5. The molecular weight excluding hydrogens is 306 g/mol. The Hall–Kier alpha value is -1.93. The molecule has 2 heterocycles. The predicted molar refractivity (Wildman–Crippen MR) is 85.5 cm³/mol. The van der Waals surface area contributed by atoms with Gasteiger partial charge in [0.25, 0.3) is 5.56 Å². The fraction of sp³-hybridized carbons (Fsp3) is 0.500. The lowest BCUT2D eigenvalue weighted by atomic mass is 10.4. The quantitative estimate of drug-likeness (QED) is 0.747. The van der Waals surface area contributed by atoms with E-state index >= 15 is 0 Å². The van der Waals surface area contributed by atoms with Crippen LogP contribution in [0.15, 0.2) is 21.0 Å². The van der Waals surface area contributed by atoms with Crippen LogP contribution in [-0.2, 0) is 22.6 Å². The van der Waals surface area contributed by atoms with E-state index in [1.165, 1.54) is 15.9 Å². The third-order valence-electron chi connectivity index (χ3n) is 3.30. The normalized spacial score (nSPS) is 11.0. The first-order valence-electron chi connectivity index (χ1n) is 7.06. The first-order valence-corrected chi connectivity index (χ1v) is 7.94. The van der Waals surface area contributed by atoms with E-state index in [-0.39, 0.29) is 24.6 Å². The average Bonchev–Trinajstić information content (AvgIpc) is 2.98. The molecule has 1 N–H and O–H groups in total. The van der Waals surface area contributed by atoms with Crippen LogP contribution < -0.4 is 16.6 Å². The molecule has 2 rings (SSSR count). The van der Waals surface area contributed by atoms with Crippen molar-refractivity contribution in [3.63, 3.8) is 0 Å². The van der Waals surface area contributed by atoms with Gasteiger partial charge in [-0.05, 0) is 24.8 Å². The molecule has 0 fully saturated rings. The number of rotatable bonds is 7. The number of fused-ring (bicyclic) bond motifs is 1. The summed E-state index contributed by atoms with van der Waals surface area (Å²) >= 11 is 1.28. The predicted octanol–water partition coefficient (Wildman–Crippen LogP) is 0.397. The second-order valence-corrected chi connectivity index (χ2v) is 5.67. The third kappa shape index (κ3) is 3.28. The number of ether oxygens (including phenoxy) is 1. The zero-order valence-corrected chi connectivity index (χ0v) is 13.4. The molecule has 1 amide bonds. The van der Waals surface area contributed by atoms with Crippen molar-refractivity contribution in [1.29, 1.82) is 0 Å². The molecule has 22 heavy (non-hydrogen) atoms. The smallest absolute Gasteiger partial charge is 0.331 e. The first kappa shape index (κ1) is 16.4. The van der Waals surface area contributed by atoms with Gasteiger partial charge in [0.15, 0.2) is 0 Å². The summed E-state index contributed by atoms with van der Waals surface area (Å²) in [6.45, 7) is 2.97. The lowest BCUT2D eigenvalue weighted by Crippen LogP contribution is -2.42. The van der Waals surface area contributed by atoms with Gasteiger partial charge in [0, 0.05) is 26.8 Å². The van der Waals surface area contributed by atoms with Crippen molar-refractivity contribution in [3.05, 3.63) is 32.3 Å². The van der Waals surface area contributed by atoms with Crippen molar-refractivity contribution in [3.8, 4) is 0 Å². The summed E-state index contributed by atoms with van der Waals surface area (Å²) in [5.74, 6) is -0.257. The number of methoxy groups -OCH3 is 1. The molecule has 0 aliphatic rings. The van der Waals surface area contributed by atoms with E-state index in [1.54, 1.807) is 25.5 Å². The van der Waals surface area contributed by atoms with Crippen LogP contribution in [0.25, 0.3) is 10.2 Å². The first-order chi connectivity index (χ1) is 10.6. The van der Waals surface area contributed by atoms with Gasteiger partial charge in [-0.15, -0.1) is 11.3 Å². The topological polar surface area (TPSA) is 82.3 Å². The molecule has 0 radical (unpaired) electrons. The maximum Gasteiger partial charge on any atom is 0.331 e. The molecule has 2 aromatic rings. The molecule has 0 aliphatic heterocycles. The molecule has 0 saturated carbocycles. The Morgan fingerprint density at radius 3 is 2.82 bits per heavy atom.